The Balaban J connectivity index is 2.61. The molecule has 3 nitrogen and oxygen atoms in total. The molecule has 1 aromatic heterocycles. The summed E-state index contributed by atoms with van der Waals surface area (Å²) in [5.41, 5.74) is 0.640. The fourth-order valence-electron chi connectivity index (χ4n) is 2.15. The Morgan fingerprint density at radius 2 is 1.94 bits per heavy atom. The quantitative estimate of drug-likeness (QED) is 0.394. The number of benzene rings is 2. The van der Waals surface area contributed by atoms with E-state index in [1.807, 2.05) is 24.3 Å². The van der Waals surface area contributed by atoms with Crippen molar-refractivity contribution in [2.75, 3.05) is 0 Å². The Labute approximate surface area is 112 Å². The molecule has 0 amide bonds. The molecule has 0 atom stereocenters. The fraction of sp³-hybridized carbons (Fsp3) is 0. The van der Waals surface area contributed by atoms with Gasteiger partial charge in [-0.1, -0.05) is 22.0 Å². The molecule has 0 bridgehead atoms. The molecule has 2 aromatic carbocycles. The van der Waals surface area contributed by atoms with Crippen molar-refractivity contribution in [2.45, 2.75) is 0 Å². The molecular formula is C14H8BrN2O+. The van der Waals surface area contributed by atoms with E-state index in [1.54, 1.807) is 18.5 Å². The Morgan fingerprint density at radius 1 is 1.11 bits per heavy atom. The van der Waals surface area contributed by atoms with Gasteiger partial charge in [0.1, 0.15) is 0 Å². The molecule has 0 aliphatic rings. The predicted molar refractivity (Wildman–Crippen MR) is 71.2 cm³/mol. The minimum Gasteiger partial charge on any atom is -0.285 e. The summed E-state index contributed by atoms with van der Waals surface area (Å²) >= 11 is 3.43. The van der Waals surface area contributed by atoms with Gasteiger partial charge in [-0.2, -0.15) is 5.26 Å². The number of rotatable bonds is 0. The molecule has 0 unspecified atom stereocenters. The SMILES string of the molecule is N#Cc1cc2cc[n+](O)cc2c2cc(Br)ccc12. The first kappa shape index (κ1) is 11.0. The zero-order chi connectivity index (χ0) is 12.7. The third-order valence-electron chi connectivity index (χ3n) is 2.96. The van der Waals surface area contributed by atoms with Gasteiger partial charge >= 0.3 is 0 Å². The molecule has 3 aromatic rings. The summed E-state index contributed by atoms with van der Waals surface area (Å²) in [4.78, 5) is 0. The molecule has 1 N–H and O–H groups in total. The molecule has 0 aliphatic heterocycles. The third-order valence-corrected chi connectivity index (χ3v) is 3.45. The summed E-state index contributed by atoms with van der Waals surface area (Å²) in [5, 5.41) is 22.4. The van der Waals surface area contributed by atoms with E-state index in [9.17, 15) is 10.5 Å². The Kier molecular flexibility index (Phi) is 2.42. The Morgan fingerprint density at radius 3 is 2.72 bits per heavy atom. The lowest BCUT2D eigenvalue weighted by molar-refractivity contribution is -0.903. The van der Waals surface area contributed by atoms with Crippen LogP contribution in [0.5, 0.6) is 0 Å². The highest BCUT2D eigenvalue weighted by molar-refractivity contribution is 9.10. The monoisotopic (exact) mass is 299 g/mol. The molecule has 3 rings (SSSR count). The van der Waals surface area contributed by atoms with Gasteiger partial charge in [0.05, 0.1) is 17.0 Å². The van der Waals surface area contributed by atoms with Crippen molar-refractivity contribution in [3.8, 4) is 6.07 Å². The minimum atomic E-state index is 0.640. The normalized spacial score (nSPS) is 10.7. The number of nitriles is 1. The number of hydrogen-bond acceptors (Lipinski definition) is 2. The summed E-state index contributed by atoms with van der Waals surface area (Å²) < 4.78 is 1.97. The highest BCUT2D eigenvalue weighted by Crippen LogP contribution is 2.29. The molecule has 0 saturated carbocycles. The maximum Gasteiger partial charge on any atom is 0.230 e. The van der Waals surface area contributed by atoms with Crippen LogP contribution in [-0.4, -0.2) is 5.21 Å². The Hall–Kier alpha value is -2.12. The van der Waals surface area contributed by atoms with Gasteiger partial charge in [-0.05, 0) is 29.0 Å². The first-order valence-corrected chi connectivity index (χ1v) is 6.15. The van der Waals surface area contributed by atoms with E-state index in [4.69, 9.17) is 0 Å². The van der Waals surface area contributed by atoms with Crippen molar-refractivity contribution in [3.63, 3.8) is 0 Å². The number of aromatic nitrogens is 1. The zero-order valence-corrected chi connectivity index (χ0v) is 10.8. The lowest BCUT2D eigenvalue weighted by atomic mass is 9.99. The van der Waals surface area contributed by atoms with Crippen molar-refractivity contribution >= 4 is 37.5 Å². The second-order valence-corrected chi connectivity index (χ2v) is 4.97. The summed E-state index contributed by atoms with van der Waals surface area (Å²) in [5.74, 6) is 0. The van der Waals surface area contributed by atoms with Gasteiger partial charge in [-0.25, -0.2) is 0 Å². The van der Waals surface area contributed by atoms with E-state index in [1.165, 1.54) is 0 Å². The van der Waals surface area contributed by atoms with Crippen LogP contribution in [0.2, 0.25) is 0 Å². The van der Waals surface area contributed by atoms with Crippen LogP contribution in [0, 0.1) is 11.3 Å². The van der Waals surface area contributed by atoms with Crippen LogP contribution in [0.1, 0.15) is 5.56 Å². The largest absolute Gasteiger partial charge is 0.285 e. The molecule has 0 saturated heterocycles. The van der Waals surface area contributed by atoms with Crippen LogP contribution >= 0.6 is 15.9 Å². The van der Waals surface area contributed by atoms with Crippen LogP contribution in [0.3, 0.4) is 0 Å². The van der Waals surface area contributed by atoms with Gasteiger partial charge in [0, 0.05) is 20.7 Å². The number of hydrogen-bond donors (Lipinski definition) is 1. The maximum atomic E-state index is 9.53. The van der Waals surface area contributed by atoms with E-state index < -0.39 is 0 Å². The van der Waals surface area contributed by atoms with Gasteiger partial charge in [0.25, 0.3) is 0 Å². The standard InChI is InChI=1S/C14H8BrN2O/c15-11-1-2-12-10(7-16)5-9-3-4-17(18)8-14(9)13(12)6-11/h1-6,8,18H/q+1. The lowest BCUT2D eigenvalue weighted by Crippen LogP contribution is -2.27. The molecule has 1 heterocycles. The summed E-state index contributed by atoms with van der Waals surface area (Å²) in [7, 11) is 0. The lowest BCUT2D eigenvalue weighted by Gasteiger charge is -2.04. The number of halogens is 1. The first-order chi connectivity index (χ1) is 8.69. The van der Waals surface area contributed by atoms with Crippen LogP contribution in [-0.2, 0) is 0 Å². The summed E-state index contributed by atoms with van der Waals surface area (Å²) in [6.45, 7) is 0. The smallest absolute Gasteiger partial charge is 0.230 e. The number of nitrogens with zero attached hydrogens (tertiary/aromatic N) is 2. The summed E-state index contributed by atoms with van der Waals surface area (Å²) in [6.07, 6.45) is 3.19. The van der Waals surface area contributed by atoms with Crippen molar-refractivity contribution in [3.05, 3.63) is 52.8 Å². The third kappa shape index (κ3) is 1.60. The van der Waals surface area contributed by atoms with E-state index in [0.29, 0.717) is 5.56 Å². The molecule has 0 radical (unpaired) electrons. The van der Waals surface area contributed by atoms with Crippen molar-refractivity contribution in [1.29, 1.82) is 5.26 Å². The molecule has 4 heteroatoms. The first-order valence-electron chi connectivity index (χ1n) is 5.36. The van der Waals surface area contributed by atoms with E-state index in [0.717, 1.165) is 30.7 Å². The Bertz CT molecular complexity index is 821. The van der Waals surface area contributed by atoms with Crippen LogP contribution in [0.15, 0.2) is 47.2 Å². The van der Waals surface area contributed by atoms with Gasteiger partial charge in [0.15, 0.2) is 0 Å². The van der Waals surface area contributed by atoms with Gasteiger partial charge < -0.3 is 0 Å². The minimum absolute atomic E-state index is 0.640. The molecular weight excluding hydrogens is 292 g/mol. The predicted octanol–water partition coefficient (Wildman–Crippen LogP) is 3.15. The molecule has 86 valence electrons. The van der Waals surface area contributed by atoms with E-state index in [2.05, 4.69) is 22.0 Å². The molecule has 18 heavy (non-hydrogen) atoms. The topological polar surface area (TPSA) is 47.9 Å². The second-order valence-electron chi connectivity index (χ2n) is 4.05. The average molecular weight is 300 g/mol. The second kappa shape index (κ2) is 3.97. The van der Waals surface area contributed by atoms with Gasteiger partial charge in [-0.3, -0.25) is 5.21 Å². The van der Waals surface area contributed by atoms with Crippen molar-refractivity contribution in [1.82, 2.24) is 0 Å². The van der Waals surface area contributed by atoms with Crippen molar-refractivity contribution < 1.29 is 9.94 Å². The van der Waals surface area contributed by atoms with E-state index >= 15 is 0 Å². The summed E-state index contributed by atoms with van der Waals surface area (Å²) in [6, 6.07) is 11.6. The molecule has 0 fully saturated rings. The molecule has 0 spiro atoms. The number of pyridine rings is 1. The zero-order valence-electron chi connectivity index (χ0n) is 9.26. The fourth-order valence-corrected chi connectivity index (χ4v) is 2.51. The molecule has 0 aliphatic carbocycles. The van der Waals surface area contributed by atoms with Crippen molar-refractivity contribution in [2.24, 2.45) is 0 Å². The highest BCUT2D eigenvalue weighted by atomic mass is 79.9. The highest BCUT2D eigenvalue weighted by Gasteiger charge is 2.10. The van der Waals surface area contributed by atoms with Gasteiger partial charge in [0.2, 0.25) is 12.4 Å². The maximum absolute atomic E-state index is 9.53. The van der Waals surface area contributed by atoms with Crippen LogP contribution < -0.4 is 4.73 Å². The van der Waals surface area contributed by atoms with Gasteiger partial charge in [-0.15, -0.1) is 0 Å². The van der Waals surface area contributed by atoms with Crippen LogP contribution in [0.4, 0.5) is 0 Å². The van der Waals surface area contributed by atoms with E-state index in [-0.39, 0.29) is 0 Å². The van der Waals surface area contributed by atoms with Crippen LogP contribution in [0.25, 0.3) is 21.5 Å². The number of fused-ring (bicyclic) bond motifs is 3. The average Bonchev–Trinajstić information content (AvgIpc) is 2.38.